The highest BCUT2D eigenvalue weighted by molar-refractivity contribution is 4.99. The van der Waals surface area contributed by atoms with E-state index in [2.05, 4.69) is 36.5 Å². The van der Waals surface area contributed by atoms with Gasteiger partial charge in [-0.3, -0.25) is 0 Å². The van der Waals surface area contributed by atoms with Crippen molar-refractivity contribution in [2.45, 2.75) is 44.9 Å². The van der Waals surface area contributed by atoms with Gasteiger partial charge in [0.25, 0.3) is 0 Å². The molecule has 0 amide bonds. The Morgan fingerprint density at radius 2 is 1.46 bits per heavy atom. The van der Waals surface area contributed by atoms with Crippen LogP contribution in [0.3, 0.4) is 0 Å². The largest absolute Gasteiger partial charge is 0.0885 e. The Morgan fingerprint density at radius 3 is 2.31 bits per heavy atom. The van der Waals surface area contributed by atoms with E-state index in [1.165, 1.54) is 38.5 Å². The van der Waals surface area contributed by atoms with Crippen LogP contribution in [0.5, 0.6) is 0 Å². The molecule has 0 saturated carbocycles. The van der Waals surface area contributed by atoms with Gasteiger partial charge in [0, 0.05) is 0 Å². The van der Waals surface area contributed by atoms with Gasteiger partial charge in [-0.15, -0.1) is 0 Å². The van der Waals surface area contributed by atoms with Gasteiger partial charge >= 0.3 is 0 Å². The summed E-state index contributed by atoms with van der Waals surface area (Å²) in [5.41, 5.74) is 0. The second-order valence-electron chi connectivity index (χ2n) is 3.45. The summed E-state index contributed by atoms with van der Waals surface area (Å²) >= 11 is 0. The van der Waals surface area contributed by atoms with Crippen molar-refractivity contribution in [2.24, 2.45) is 0 Å². The number of hydrogen-bond acceptors (Lipinski definition) is 0. The molecule has 0 unspecified atom stereocenters. The van der Waals surface area contributed by atoms with Gasteiger partial charge in [-0.2, -0.15) is 0 Å². The van der Waals surface area contributed by atoms with Crippen LogP contribution in [0.25, 0.3) is 0 Å². The van der Waals surface area contributed by atoms with Gasteiger partial charge in [-0.1, -0.05) is 30.4 Å². The van der Waals surface area contributed by atoms with Gasteiger partial charge in [0.05, 0.1) is 0 Å². The van der Waals surface area contributed by atoms with Crippen LogP contribution in [0.2, 0.25) is 0 Å². The Hall–Kier alpha value is -0.780. The summed E-state index contributed by atoms with van der Waals surface area (Å²) < 4.78 is 0. The second kappa shape index (κ2) is 7.85. The van der Waals surface area contributed by atoms with E-state index in [9.17, 15) is 0 Å². The molecule has 0 bridgehead atoms. The maximum Gasteiger partial charge on any atom is -0.0273 e. The fourth-order valence-electron chi connectivity index (χ4n) is 1.40. The first kappa shape index (κ1) is 10.3. The number of allylic oxidation sites excluding steroid dienone is 6. The zero-order chi connectivity index (χ0) is 9.19. The zero-order valence-corrected chi connectivity index (χ0v) is 8.34. The van der Waals surface area contributed by atoms with E-state index in [0.717, 1.165) is 6.42 Å². The van der Waals surface area contributed by atoms with Crippen molar-refractivity contribution in [1.82, 2.24) is 0 Å². The first-order valence-electron chi connectivity index (χ1n) is 5.37. The van der Waals surface area contributed by atoms with E-state index in [0.29, 0.717) is 0 Å². The molecule has 0 saturated heterocycles. The quantitative estimate of drug-likeness (QED) is 0.484. The van der Waals surface area contributed by atoms with Crippen molar-refractivity contribution >= 4 is 0 Å². The van der Waals surface area contributed by atoms with Gasteiger partial charge in [0.15, 0.2) is 0 Å². The summed E-state index contributed by atoms with van der Waals surface area (Å²) in [6, 6.07) is 0. The highest BCUT2D eigenvalue weighted by Gasteiger charge is 1.85. The van der Waals surface area contributed by atoms with E-state index in [-0.39, 0.29) is 0 Å². The highest BCUT2D eigenvalue weighted by Crippen LogP contribution is 2.05. The lowest BCUT2D eigenvalue weighted by atomic mass is 10.1. The summed E-state index contributed by atoms with van der Waals surface area (Å²) in [5.74, 6) is 0. The smallest absolute Gasteiger partial charge is 0.0273 e. The summed E-state index contributed by atoms with van der Waals surface area (Å²) in [6.07, 6.45) is 23.0. The molecule has 0 fully saturated rings. The van der Waals surface area contributed by atoms with Gasteiger partial charge in [0.1, 0.15) is 0 Å². The molecule has 0 nitrogen and oxygen atoms in total. The molecule has 1 aliphatic rings. The second-order valence-corrected chi connectivity index (χ2v) is 3.45. The van der Waals surface area contributed by atoms with Crippen LogP contribution in [0.4, 0.5) is 0 Å². The minimum absolute atomic E-state index is 1.09. The third kappa shape index (κ3) is 6.39. The third-order valence-corrected chi connectivity index (χ3v) is 2.20. The first-order chi connectivity index (χ1) is 6.50. The molecule has 0 aromatic heterocycles. The van der Waals surface area contributed by atoms with Crippen LogP contribution in [-0.4, -0.2) is 0 Å². The fourth-order valence-corrected chi connectivity index (χ4v) is 1.40. The van der Waals surface area contributed by atoms with Crippen molar-refractivity contribution < 1.29 is 0 Å². The van der Waals surface area contributed by atoms with E-state index < -0.39 is 0 Å². The molecule has 0 heteroatoms. The number of rotatable bonds is 0. The van der Waals surface area contributed by atoms with Crippen molar-refractivity contribution in [2.75, 3.05) is 0 Å². The Bertz CT molecular complexity index is 184. The van der Waals surface area contributed by atoms with Gasteiger partial charge in [-0.05, 0) is 51.0 Å². The Labute approximate surface area is 82.0 Å². The molecule has 0 atom stereocenters. The van der Waals surface area contributed by atoms with Crippen LogP contribution >= 0.6 is 0 Å². The molecular formula is C13H19. The molecule has 1 radical (unpaired) electrons. The zero-order valence-electron chi connectivity index (χ0n) is 8.34. The summed E-state index contributed by atoms with van der Waals surface area (Å²) in [6.45, 7) is 0. The van der Waals surface area contributed by atoms with Crippen LogP contribution in [0.1, 0.15) is 44.9 Å². The molecule has 0 aromatic carbocycles. The molecule has 0 heterocycles. The predicted octanol–water partition coefficient (Wildman–Crippen LogP) is 4.20. The topological polar surface area (TPSA) is 0 Å². The average Bonchev–Trinajstić information content (AvgIpc) is 2.18. The standard InChI is InChI=1S/C13H19/c1-2-4-6-8-10-12-13-11-9-7-5-3-1/h1-3,12-13H,4,6-11H2/b2-1-,5-3?,13-12-. The summed E-state index contributed by atoms with van der Waals surface area (Å²) in [4.78, 5) is 0. The third-order valence-electron chi connectivity index (χ3n) is 2.20. The molecule has 1 rings (SSSR count). The van der Waals surface area contributed by atoms with Crippen LogP contribution in [-0.2, 0) is 0 Å². The Morgan fingerprint density at radius 1 is 0.769 bits per heavy atom. The maximum atomic E-state index is 3.28. The fraction of sp³-hybridized carbons (Fsp3) is 0.538. The molecule has 13 heavy (non-hydrogen) atoms. The van der Waals surface area contributed by atoms with Gasteiger partial charge in [0.2, 0.25) is 0 Å². The van der Waals surface area contributed by atoms with Crippen molar-refractivity contribution in [3.63, 3.8) is 0 Å². The van der Waals surface area contributed by atoms with E-state index >= 15 is 0 Å². The predicted molar refractivity (Wildman–Crippen MR) is 58.4 cm³/mol. The lowest BCUT2D eigenvalue weighted by molar-refractivity contribution is 0.759. The Balaban J connectivity index is 2.28. The van der Waals surface area contributed by atoms with Crippen molar-refractivity contribution in [3.05, 3.63) is 36.5 Å². The normalized spacial score (nSPS) is 27.7. The first-order valence-corrected chi connectivity index (χ1v) is 5.37. The summed E-state index contributed by atoms with van der Waals surface area (Å²) in [7, 11) is 0. The minimum Gasteiger partial charge on any atom is -0.0885 e. The maximum absolute atomic E-state index is 3.28. The molecule has 71 valence electrons. The molecule has 0 aromatic rings. The van der Waals surface area contributed by atoms with Gasteiger partial charge in [-0.25, -0.2) is 0 Å². The molecule has 1 aliphatic carbocycles. The van der Waals surface area contributed by atoms with Crippen LogP contribution < -0.4 is 0 Å². The Kier molecular flexibility index (Phi) is 6.22. The average molecular weight is 175 g/mol. The molecule has 0 spiro atoms. The lowest BCUT2D eigenvalue weighted by Crippen LogP contribution is -1.72. The highest BCUT2D eigenvalue weighted by atomic mass is 13.9. The minimum atomic E-state index is 1.09. The summed E-state index contributed by atoms with van der Waals surface area (Å²) in [5, 5.41) is 0. The van der Waals surface area contributed by atoms with Gasteiger partial charge < -0.3 is 0 Å². The SMILES string of the molecule is [C]1=C/C=C\CCCC/C=C\CCC/1. The molecule has 0 N–H and O–H groups in total. The van der Waals surface area contributed by atoms with Crippen molar-refractivity contribution in [1.29, 1.82) is 0 Å². The molecule has 0 aliphatic heterocycles. The van der Waals surface area contributed by atoms with E-state index in [1.807, 2.05) is 0 Å². The van der Waals surface area contributed by atoms with E-state index in [4.69, 9.17) is 0 Å². The van der Waals surface area contributed by atoms with Crippen LogP contribution in [0, 0.1) is 6.08 Å². The lowest BCUT2D eigenvalue weighted by Gasteiger charge is -1.92. The molecular weight excluding hydrogens is 156 g/mol. The van der Waals surface area contributed by atoms with Crippen LogP contribution in [0.15, 0.2) is 30.4 Å². The van der Waals surface area contributed by atoms with E-state index in [1.54, 1.807) is 0 Å². The van der Waals surface area contributed by atoms with Crippen molar-refractivity contribution in [3.8, 4) is 0 Å². The number of hydrogen-bond donors (Lipinski definition) is 0. The monoisotopic (exact) mass is 175 g/mol.